The van der Waals surface area contributed by atoms with Crippen molar-refractivity contribution in [3.8, 4) is 5.75 Å². The highest BCUT2D eigenvalue weighted by Crippen LogP contribution is 2.27. The lowest BCUT2D eigenvalue weighted by Crippen LogP contribution is -3.12. The van der Waals surface area contributed by atoms with Crippen LogP contribution in [0.5, 0.6) is 5.75 Å². The number of rotatable bonds is 8. The van der Waals surface area contributed by atoms with E-state index in [-0.39, 0.29) is 5.91 Å². The molecule has 1 aromatic rings. The largest absolute Gasteiger partial charge is 0.534 e. The summed E-state index contributed by atoms with van der Waals surface area (Å²) in [6, 6.07) is 4.96. The van der Waals surface area contributed by atoms with E-state index < -0.39 is 27.3 Å². The van der Waals surface area contributed by atoms with Gasteiger partial charge in [-0.1, -0.05) is 12.1 Å². The van der Waals surface area contributed by atoms with Gasteiger partial charge < -0.3 is 14.4 Å². The van der Waals surface area contributed by atoms with E-state index in [1.165, 1.54) is 44.5 Å². The van der Waals surface area contributed by atoms with Crippen molar-refractivity contribution >= 4 is 16.0 Å². The average molecular weight is 423 g/mol. The lowest BCUT2D eigenvalue weighted by atomic mass is 10.0. The van der Waals surface area contributed by atoms with E-state index in [2.05, 4.69) is 9.50 Å². The van der Waals surface area contributed by atoms with Gasteiger partial charge in [0.2, 0.25) is 5.91 Å². The standard InChI is InChI=1S/C18H25F3N2O4S/c1-14(17(24)22-10-5-13-23-11-3-2-4-12-23)15-6-8-16(9-7-15)27-28(25,26)18(19,20)21/h6-9,14H,2-5,10-13H2,1H3,(H,22,24)/p+1/t14-/m1/s1. The molecule has 0 bridgehead atoms. The highest BCUT2D eigenvalue weighted by Gasteiger charge is 2.48. The summed E-state index contributed by atoms with van der Waals surface area (Å²) in [6.07, 6.45) is 4.69. The smallest absolute Gasteiger partial charge is 0.376 e. The first-order valence-electron chi connectivity index (χ1n) is 9.32. The minimum Gasteiger partial charge on any atom is -0.376 e. The van der Waals surface area contributed by atoms with Crippen LogP contribution in [-0.2, 0) is 14.9 Å². The van der Waals surface area contributed by atoms with Crippen LogP contribution in [0.4, 0.5) is 13.2 Å². The van der Waals surface area contributed by atoms with Crippen LogP contribution >= 0.6 is 0 Å². The van der Waals surface area contributed by atoms with Crippen LogP contribution in [0.25, 0.3) is 0 Å². The summed E-state index contributed by atoms with van der Waals surface area (Å²) in [7, 11) is -5.71. The third-order valence-electron chi connectivity index (χ3n) is 4.83. The molecule has 0 spiro atoms. The number of nitrogens with one attached hydrogen (secondary N) is 2. The van der Waals surface area contributed by atoms with Crippen LogP contribution in [0.2, 0.25) is 0 Å². The molecule has 1 saturated heterocycles. The summed E-state index contributed by atoms with van der Waals surface area (Å²) in [5.74, 6) is -1.17. The molecule has 6 nitrogen and oxygen atoms in total. The minimum atomic E-state index is -5.71. The summed E-state index contributed by atoms with van der Waals surface area (Å²) in [5.41, 5.74) is -4.94. The molecule has 1 fully saturated rings. The molecule has 1 aromatic carbocycles. The van der Waals surface area contributed by atoms with Gasteiger partial charge in [-0.05, 0) is 43.9 Å². The molecular weight excluding hydrogens is 397 g/mol. The SMILES string of the molecule is C[C@@H](C(=O)NCCC[NH+]1CCCCC1)c1ccc(OS(=O)(=O)C(F)(F)F)cc1. The Kier molecular flexibility index (Phi) is 7.70. The molecule has 2 N–H and O–H groups in total. The number of piperidine rings is 1. The van der Waals surface area contributed by atoms with Gasteiger partial charge in [-0.15, -0.1) is 0 Å². The van der Waals surface area contributed by atoms with Crippen LogP contribution in [-0.4, -0.2) is 46.0 Å². The molecule has 1 aliphatic heterocycles. The summed E-state index contributed by atoms with van der Waals surface area (Å²) in [6.45, 7) is 5.63. The van der Waals surface area contributed by atoms with Crippen molar-refractivity contribution in [3.05, 3.63) is 29.8 Å². The molecular formula is C18H26F3N2O4S+. The van der Waals surface area contributed by atoms with Crippen molar-refractivity contribution in [1.29, 1.82) is 0 Å². The highest BCUT2D eigenvalue weighted by molar-refractivity contribution is 7.88. The zero-order valence-corrected chi connectivity index (χ0v) is 16.5. The molecule has 0 unspecified atom stereocenters. The average Bonchev–Trinajstić information content (AvgIpc) is 2.65. The van der Waals surface area contributed by atoms with Gasteiger partial charge in [0.05, 0.1) is 25.6 Å². The number of benzene rings is 1. The molecule has 0 aliphatic carbocycles. The fourth-order valence-electron chi connectivity index (χ4n) is 3.14. The second-order valence-electron chi connectivity index (χ2n) is 6.98. The van der Waals surface area contributed by atoms with Crippen molar-refractivity contribution < 1.29 is 35.5 Å². The van der Waals surface area contributed by atoms with Crippen molar-refractivity contribution in [3.63, 3.8) is 0 Å². The fourth-order valence-corrected chi connectivity index (χ4v) is 3.60. The van der Waals surface area contributed by atoms with Gasteiger partial charge in [0.25, 0.3) is 0 Å². The van der Waals surface area contributed by atoms with Gasteiger partial charge in [-0.25, -0.2) is 0 Å². The van der Waals surface area contributed by atoms with E-state index >= 15 is 0 Å². The topological polar surface area (TPSA) is 76.9 Å². The monoisotopic (exact) mass is 423 g/mol. The Labute approximate surface area is 163 Å². The Hall–Kier alpha value is -1.81. The molecule has 1 atom stereocenters. The zero-order chi connectivity index (χ0) is 20.8. The number of likely N-dealkylation sites (tertiary alicyclic amines) is 1. The van der Waals surface area contributed by atoms with Crippen LogP contribution in [0.3, 0.4) is 0 Å². The lowest BCUT2D eigenvalue weighted by Gasteiger charge is -2.23. The molecule has 10 heteroatoms. The van der Waals surface area contributed by atoms with Crippen molar-refractivity contribution in [1.82, 2.24) is 5.32 Å². The number of amides is 1. The Morgan fingerprint density at radius 3 is 2.36 bits per heavy atom. The fraction of sp³-hybridized carbons (Fsp3) is 0.611. The van der Waals surface area contributed by atoms with Gasteiger partial charge in [0.1, 0.15) is 5.75 Å². The number of carbonyl (C=O) groups excluding carboxylic acids is 1. The van der Waals surface area contributed by atoms with Crippen molar-refractivity contribution in [2.24, 2.45) is 0 Å². The van der Waals surface area contributed by atoms with Gasteiger partial charge >= 0.3 is 15.6 Å². The number of halogens is 3. The number of quaternary nitrogens is 1. The lowest BCUT2D eigenvalue weighted by molar-refractivity contribution is -0.904. The molecule has 0 radical (unpaired) electrons. The summed E-state index contributed by atoms with van der Waals surface area (Å²) in [5, 5.41) is 2.87. The predicted molar refractivity (Wildman–Crippen MR) is 97.5 cm³/mol. The summed E-state index contributed by atoms with van der Waals surface area (Å²) in [4.78, 5) is 13.8. The molecule has 0 aromatic heterocycles. The molecule has 2 rings (SSSR count). The number of hydrogen-bond donors (Lipinski definition) is 2. The second-order valence-corrected chi connectivity index (χ2v) is 8.52. The predicted octanol–water partition coefficient (Wildman–Crippen LogP) is 1.59. The molecule has 1 amide bonds. The first kappa shape index (κ1) is 22.5. The minimum absolute atomic E-state index is 0.190. The number of alkyl halides is 3. The van der Waals surface area contributed by atoms with Crippen LogP contribution in [0, 0.1) is 0 Å². The summed E-state index contributed by atoms with van der Waals surface area (Å²) < 4.78 is 63.0. The Morgan fingerprint density at radius 2 is 1.79 bits per heavy atom. The Morgan fingerprint density at radius 1 is 1.18 bits per heavy atom. The molecule has 0 saturated carbocycles. The van der Waals surface area contributed by atoms with E-state index in [9.17, 15) is 26.4 Å². The van der Waals surface area contributed by atoms with Gasteiger partial charge in [-0.3, -0.25) is 4.79 Å². The third-order valence-corrected chi connectivity index (χ3v) is 5.81. The first-order valence-corrected chi connectivity index (χ1v) is 10.7. The number of carbonyl (C=O) groups is 1. The molecule has 158 valence electrons. The van der Waals surface area contributed by atoms with Crippen molar-refractivity contribution in [2.75, 3.05) is 26.2 Å². The van der Waals surface area contributed by atoms with Gasteiger partial charge in [-0.2, -0.15) is 21.6 Å². The normalized spacial score (nSPS) is 17.1. The van der Waals surface area contributed by atoms with Crippen molar-refractivity contribution in [2.45, 2.75) is 44.0 Å². The highest BCUT2D eigenvalue weighted by atomic mass is 32.2. The van der Waals surface area contributed by atoms with Crippen LogP contribution in [0.1, 0.15) is 44.1 Å². The summed E-state index contributed by atoms with van der Waals surface area (Å²) >= 11 is 0. The second kappa shape index (κ2) is 9.60. The van der Waals surface area contributed by atoms with E-state index in [1.54, 1.807) is 11.8 Å². The van der Waals surface area contributed by atoms with Gasteiger partial charge in [0.15, 0.2) is 0 Å². The van der Waals surface area contributed by atoms with Crippen LogP contribution in [0.15, 0.2) is 24.3 Å². The van der Waals surface area contributed by atoms with E-state index in [1.807, 2.05) is 0 Å². The molecule has 1 heterocycles. The third kappa shape index (κ3) is 6.37. The molecule has 28 heavy (non-hydrogen) atoms. The van der Waals surface area contributed by atoms with E-state index in [4.69, 9.17) is 0 Å². The zero-order valence-electron chi connectivity index (χ0n) is 15.7. The number of hydrogen-bond acceptors (Lipinski definition) is 4. The molecule has 1 aliphatic rings. The maximum absolute atomic E-state index is 12.3. The van der Waals surface area contributed by atoms with Crippen LogP contribution < -0.4 is 14.4 Å². The Balaban J connectivity index is 1.81. The maximum Gasteiger partial charge on any atom is 0.534 e. The maximum atomic E-state index is 12.3. The van der Waals surface area contributed by atoms with Gasteiger partial charge in [0, 0.05) is 13.0 Å². The van der Waals surface area contributed by atoms with E-state index in [0.717, 1.165) is 25.1 Å². The Bertz CT molecular complexity index is 745. The quantitative estimate of drug-likeness (QED) is 0.378. The van der Waals surface area contributed by atoms with E-state index in [0.29, 0.717) is 12.1 Å². The first-order chi connectivity index (χ1) is 13.1.